The molecule has 1 aliphatic rings. The standard InChI is InChI=1S/C10H10N2O3S/c13-7-11-8-3-5-10(6-4-8)16(14,15)12-9-1-2-9/h3-6,9,12H,1-2H2. The highest BCUT2D eigenvalue weighted by Gasteiger charge is 2.27. The Hall–Kier alpha value is -1.49. The van der Waals surface area contributed by atoms with Gasteiger partial charge in [-0.25, -0.2) is 17.9 Å². The van der Waals surface area contributed by atoms with Gasteiger partial charge in [0.1, 0.15) is 0 Å². The molecule has 0 aliphatic heterocycles. The van der Waals surface area contributed by atoms with Crippen molar-refractivity contribution in [3.8, 4) is 0 Å². The summed E-state index contributed by atoms with van der Waals surface area (Å²) in [5, 5.41) is 0. The summed E-state index contributed by atoms with van der Waals surface area (Å²) in [6.45, 7) is 0. The molecule has 1 aromatic carbocycles. The number of hydrogen-bond donors (Lipinski definition) is 1. The van der Waals surface area contributed by atoms with Gasteiger partial charge in [-0.05, 0) is 37.1 Å². The van der Waals surface area contributed by atoms with E-state index in [9.17, 15) is 13.2 Å². The van der Waals surface area contributed by atoms with Gasteiger partial charge in [0, 0.05) is 6.04 Å². The van der Waals surface area contributed by atoms with Gasteiger partial charge in [-0.2, -0.15) is 4.99 Å². The maximum absolute atomic E-state index is 11.7. The molecule has 1 fully saturated rings. The number of isocyanates is 1. The van der Waals surface area contributed by atoms with Gasteiger partial charge in [0.2, 0.25) is 16.1 Å². The van der Waals surface area contributed by atoms with Crippen molar-refractivity contribution in [3.05, 3.63) is 24.3 Å². The van der Waals surface area contributed by atoms with Crippen LogP contribution < -0.4 is 4.72 Å². The first-order valence-corrected chi connectivity index (χ1v) is 6.30. The molecule has 1 saturated carbocycles. The lowest BCUT2D eigenvalue weighted by Crippen LogP contribution is -2.25. The van der Waals surface area contributed by atoms with Crippen molar-refractivity contribution in [2.45, 2.75) is 23.8 Å². The lowest BCUT2D eigenvalue weighted by atomic mass is 10.3. The van der Waals surface area contributed by atoms with E-state index in [0.717, 1.165) is 12.8 Å². The van der Waals surface area contributed by atoms with E-state index >= 15 is 0 Å². The second kappa shape index (κ2) is 4.17. The molecule has 0 saturated heterocycles. The highest BCUT2D eigenvalue weighted by atomic mass is 32.2. The van der Waals surface area contributed by atoms with Crippen molar-refractivity contribution in [2.75, 3.05) is 0 Å². The van der Waals surface area contributed by atoms with Gasteiger partial charge in [0.05, 0.1) is 10.6 Å². The Morgan fingerprint density at radius 2 is 1.88 bits per heavy atom. The first-order chi connectivity index (χ1) is 7.62. The molecule has 5 nitrogen and oxygen atoms in total. The van der Waals surface area contributed by atoms with E-state index in [4.69, 9.17) is 0 Å². The highest BCUT2D eigenvalue weighted by Crippen LogP contribution is 2.23. The monoisotopic (exact) mass is 238 g/mol. The molecule has 1 aromatic rings. The normalized spacial score (nSPS) is 15.5. The average molecular weight is 238 g/mol. The third kappa shape index (κ3) is 2.55. The van der Waals surface area contributed by atoms with Gasteiger partial charge in [0.15, 0.2) is 0 Å². The maximum atomic E-state index is 11.7. The minimum absolute atomic E-state index is 0.0812. The summed E-state index contributed by atoms with van der Waals surface area (Å²) < 4.78 is 26.0. The molecule has 6 heteroatoms. The largest absolute Gasteiger partial charge is 0.240 e. The number of benzene rings is 1. The van der Waals surface area contributed by atoms with Crippen molar-refractivity contribution in [1.29, 1.82) is 0 Å². The van der Waals surface area contributed by atoms with Crippen LogP contribution in [0.4, 0.5) is 5.69 Å². The minimum Gasteiger partial charge on any atom is -0.211 e. The van der Waals surface area contributed by atoms with E-state index in [-0.39, 0.29) is 10.9 Å². The predicted octanol–water partition coefficient (Wildman–Crippen LogP) is 1.09. The number of nitrogens with one attached hydrogen (secondary N) is 1. The molecule has 16 heavy (non-hydrogen) atoms. The fraction of sp³-hybridized carbons (Fsp3) is 0.300. The summed E-state index contributed by atoms with van der Waals surface area (Å²) in [5.41, 5.74) is 0.389. The first kappa shape index (κ1) is 11.0. The Morgan fingerprint density at radius 3 is 2.38 bits per heavy atom. The zero-order chi connectivity index (χ0) is 11.6. The van der Waals surface area contributed by atoms with E-state index in [1.54, 1.807) is 0 Å². The van der Waals surface area contributed by atoms with Crippen molar-refractivity contribution < 1.29 is 13.2 Å². The Labute approximate surface area is 93.3 Å². The summed E-state index contributed by atoms with van der Waals surface area (Å²) in [6.07, 6.45) is 3.19. The van der Waals surface area contributed by atoms with Crippen molar-refractivity contribution in [2.24, 2.45) is 4.99 Å². The Morgan fingerprint density at radius 1 is 1.25 bits per heavy atom. The van der Waals surface area contributed by atoms with E-state index in [2.05, 4.69) is 9.71 Å². The fourth-order valence-corrected chi connectivity index (χ4v) is 2.55. The summed E-state index contributed by atoms with van der Waals surface area (Å²) in [6, 6.07) is 5.85. The van der Waals surface area contributed by atoms with Crippen molar-refractivity contribution >= 4 is 21.8 Å². The van der Waals surface area contributed by atoms with Crippen LogP contribution in [0.25, 0.3) is 0 Å². The molecule has 0 atom stereocenters. The molecule has 0 bridgehead atoms. The third-order valence-electron chi connectivity index (χ3n) is 2.22. The second-order valence-electron chi connectivity index (χ2n) is 3.59. The summed E-state index contributed by atoms with van der Waals surface area (Å²) in [5.74, 6) is 0. The molecule has 0 radical (unpaired) electrons. The number of nitrogens with zero attached hydrogens (tertiary/aromatic N) is 1. The summed E-state index contributed by atoms with van der Waals surface area (Å²) >= 11 is 0. The number of carbonyl (C=O) groups excluding carboxylic acids is 1. The molecule has 0 amide bonds. The third-order valence-corrected chi connectivity index (χ3v) is 3.76. The smallest absolute Gasteiger partial charge is 0.211 e. The molecular weight excluding hydrogens is 228 g/mol. The Balaban J connectivity index is 2.22. The summed E-state index contributed by atoms with van der Waals surface area (Å²) in [4.78, 5) is 13.6. The SMILES string of the molecule is O=C=Nc1ccc(S(=O)(=O)NC2CC2)cc1. The lowest BCUT2D eigenvalue weighted by Gasteiger charge is -2.04. The Kier molecular flexibility index (Phi) is 2.87. The van der Waals surface area contributed by atoms with Crippen LogP contribution in [0.1, 0.15) is 12.8 Å². The molecule has 0 spiro atoms. The molecule has 0 unspecified atom stereocenters. The van der Waals surface area contributed by atoms with E-state index in [1.807, 2.05) is 0 Å². The topological polar surface area (TPSA) is 75.6 Å². The van der Waals surface area contributed by atoms with E-state index in [0.29, 0.717) is 5.69 Å². The zero-order valence-electron chi connectivity index (χ0n) is 8.38. The van der Waals surface area contributed by atoms with Crippen LogP contribution in [0.15, 0.2) is 34.2 Å². The van der Waals surface area contributed by atoms with Gasteiger partial charge in [-0.3, -0.25) is 0 Å². The van der Waals surface area contributed by atoms with E-state index in [1.165, 1.54) is 30.3 Å². The van der Waals surface area contributed by atoms with Gasteiger partial charge in [-0.15, -0.1) is 0 Å². The molecular formula is C10H10N2O3S. The molecule has 0 aromatic heterocycles. The molecule has 1 aliphatic carbocycles. The van der Waals surface area contributed by atoms with Crippen molar-refractivity contribution in [3.63, 3.8) is 0 Å². The quantitative estimate of drug-likeness (QED) is 0.630. The van der Waals surface area contributed by atoms with Gasteiger partial charge in [-0.1, -0.05) is 0 Å². The van der Waals surface area contributed by atoms with Crippen LogP contribution in [0.3, 0.4) is 0 Å². The summed E-state index contributed by atoms with van der Waals surface area (Å²) in [7, 11) is -3.42. The van der Waals surface area contributed by atoms with Crippen LogP contribution in [0.5, 0.6) is 0 Å². The van der Waals surface area contributed by atoms with Crippen LogP contribution >= 0.6 is 0 Å². The van der Waals surface area contributed by atoms with Gasteiger partial charge < -0.3 is 0 Å². The van der Waals surface area contributed by atoms with Crippen LogP contribution in [0.2, 0.25) is 0 Å². The predicted molar refractivity (Wildman–Crippen MR) is 57.6 cm³/mol. The zero-order valence-corrected chi connectivity index (χ0v) is 9.20. The van der Waals surface area contributed by atoms with Gasteiger partial charge >= 0.3 is 0 Å². The second-order valence-corrected chi connectivity index (χ2v) is 5.31. The highest BCUT2D eigenvalue weighted by molar-refractivity contribution is 7.89. The average Bonchev–Trinajstić information content (AvgIpc) is 3.02. The molecule has 2 rings (SSSR count). The molecule has 1 N–H and O–H groups in total. The van der Waals surface area contributed by atoms with Crippen molar-refractivity contribution in [1.82, 2.24) is 4.72 Å². The minimum atomic E-state index is -3.42. The molecule has 84 valence electrons. The van der Waals surface area contributed by atoms with Crippen LogP contribution in [-0.2, 0) is 14.8 Å². The number of hydrogen-bond acceptors (Lipinski definition) is 4. The van der Waals surface area contributed by atoms with Crippen LogP contribution in [0, 0.1) is 0 Å². The number of sulfonamides is 1. The van der Waals surface area contributed by atoms with Gasteiger partial charge in [0.25, 0.3) is 0 Å². The lowest BCUT2D eigenvalue weighted by molar-refractivity contribution is 0.565. The molecule has 0 heterocycles. The Bertz CT molecular complexity index is 526. The number of aliphatic imine (C=N–C) groups is 1. The fourth-order valence-electron chi connectivity index (χ4n) is 1.24. The van der Waals surface area contributed by atoms with E-state index < -0.39 is 10.0 Å². The number of rotatable bonds is 4. The first-order valence-electron chi connectivity index (χ1n) is 4.82. The van der Waals surface area contributed by atoms with Crippen LogP contribution in [-0.4, -0.2) is 20.5 Å². The maximum Gasteiger partial charge on any atom is 0.240 e.